The van der Waals surface area contributed by atoms with Crippen molar-refractivity contribution in [2.24, 2.45) is 5.92 Å². The Hall–Kier alpha value is -2.75. The van der Waals surface area contributed by atoms with Crippen LogP contribution in [-0.4, -0.2) is 25.8 Å². The molecule has 0 saturated carbocycles. The quantitative estimate of drug-likeness (QED) is 0.186. The van der Waals surface area contributed by atoms with Crippen molar-refractivity contribution >= 4 is 5.70 Å². The van der Waals surface area contributed by atoms with E-state index in [2.05, 4.69) is 86.8 Å². The van der Waals surface area contributed by atoms with Crippen LogP contribution >= 0.6 is 0 Å². The second-order valence-corrected chi connectivity index (χ2v) is 9.23. The summed E-state index contributed by atoms with van der Waals surface area (Å²) >= 11 is 0. The Morgan fingerprint density at radius 2 is 1.40 bits per heavy atom. The molecule has 4 heteroatoms. The van der Waals surface area contributed by atoms with E-state index in [1.54, 1.807) is 0 Å². The second kappa shape index (κ2) is 32.2. The van der Waals surface area contributed by atoms with Gasteiger partial charge < -0.3 is 16.0 Å². The largest absolute Gasteiger partial charge is 0.377 e. The van der Waals surface area contributed by atoms with Crippen LogP contribution in [0.15, 0.2) is 67.1 Å². The van der Waals surface area contributed by atoms with Gasteiger partial charge in [0.1, 0.15) is 6.67 Å². The third kappa shape index (κ3) is 20.7. The van der Waals surface area contributed by atoms with Crippen molar-refractivity contribution in [3.05, 3.63) is 89.3 Å². The van der Waals surface area contributed by atoms with Crippen LogP contribution in [0.25, 0.3) is 5.70 Å². The van der Waals surface area contributed by atoms with Gasteiger partial charge in [0.2, 0.25) is 0 Å². The summed E-state index contributed by atoms with van der Waals surface area (Å²) in [7, 11) is 0. The first kappa shape index (κ1) is 47.2. The van der Waals surface area contributed by atoms with Crippen LogP contribution in [0.3, 0.4) is 0 Å². The normalized spacial score (nSPS) is 12.0. The summed E-state index contributed by atoms with van der Waals surface area (Å²) in [6.07, 6.45) is 11.5. The zero-order chi connectivity index (χ0) is 34.4. The SMILES string of the molecule is C=C(NCCF)NCC(NC(=C)c1c(C)cc(CCC(C)C2=CCCC=C2)cc1C)C(=C)C.CC.CC.CC.CC.CC. The molecule has 2 unspecified atom stereocenters. The zero-order valence-corrected chi connectivity index (χ0v) is 31.0. The summed E-state index contributed by atoms with van der Waals surface area (Å²) in [6, 6.07) is 4.57. The molecule has 43 heavy (non-hydrogen) atoms. The van der Waals surface area contributed by atoms with Gasteiger partial charge in [-0.25, -0.2) is 4.39 Å². The predicted molar refractivity (Wildman–Crippen MR) is 198 cm³/mol. The van der Waals surface area contributed by atoms with Gasteiger partial charge in [0, 0.05) is 24.4 Å². The Kier molecular flexibility index (Phi) is 35.3. The number of aryl methyl sites for hydroxylation is 3. The van der Waals surface area contributed by atoms with E-state index in [0.717, 1.165) is 29.7 Å². The average Bonchev–Trinajstić information content (AvgIpc) is 3.05. The number of hydrogen-bond donors (Lipinski definition) is 3. The lowest BCUT2D eigenvalue weighted by Gasteiger charge is -2.25. The summed E-state index contributed by atoms with van der Waals surface area (Å²) in [5.41, 5.74) is 8.36. The molecular formula is C39H72FN3. The lowest BCUT2D eigenvalue weighted by atomic mass is 9.89. The minimum absolute atomic E-state index is 0.0161. The number of rotatable bonds is 14. The number of benzene rings is 1. The van der Waals surface area contributed by atoms with Crippen molar-refractivity contribution in [1.29, 1.82) is 0 Å². The van der Waals surface area contributed by atoms with Crippen LogP contribution in [0.2, 0.25) is 0 Å². The van der Waals surface area contributed by atoms with Crippen LogP contribution in [-0.2, 0) is 6.42 Å². The second-order valence-electron chi connectivity index (χ2n) is 9.23. The molecule has 1 aliphatic carbocycles. The molecule has 0 radical (unpaired) electrons. The maximum Gasteiger partial charge on any atom is 0.107 e. The number of hydrogen-bond acceptors (Lipinski definition) is 3. The molecule has 1 aromatic rings. The molecule has 0 amide bonds. The fourth-order valence-corrected chi connectivity index (χ4v) is 4.34. The first-order chi connectivity index (χ1) is 20.7. The van der Waals surface area contributed by atoms with E-state index in [1.165, 1.54) is 35.1 Å². The summed E-state index contributed by atoms with van der Waals surface area (Å²) in [4.78, 5) is 0. The monoisotopic (exact) mass is 602 g/mol. The highest BCUT2D eigenvalue weighted by Gasteiger charge is 2.15. The van der Waals surface area contributed by atoms with Crippen LogP contribution in [0, 0.1) is 19.8 Å². The minimum Gasteiger partial charge on any atom is -0.377 e. The summed E-state index contributed by atoms with van der Waals surface area (Å²) in [5, 5.41) is 9.64. The highest BCUT2D eigenvalue weighted by Crippen LogP contribution is 2.26. The number of halogens is 1. The van der Waals surface area contributed by atoms with Gasteiger partial charge >= 0.3 is 0 Å². The summed E-state index contributed by atoms with van der Waals surface area (Å²) < 4.78 is 12.3. The highest BCUT2D eigenvalue weighted by atomic mass is 19.1. The summed E-state index contributed by atoms with van der Waals surface area (Å²) in [6.45, 7) is 41.4. The molecular weight excluding hydrogens is 529 g/mol. The first-order valence-electron chi connectivity index (χ1n) is 17.0. The molecule has 0 fully saturated rings. The molecule has 0 bridgehead atoms. The maximum atomic E-state index is 12.3. The maximum absolute atomic E-state index is 12.3. The van der Waals surface area contributed by atoms with Crippen LogP contribution in [0.1, 0.15) is 125 Å². The Morgan fingerprint density at radius 1 is 0.860 bits per heavy atom. The van der Waals surface area contributed by atoms with Gasteiger partial charge in [-0.05, 0) is 74.6 Å². The molecule has 250 valence electrons. The van der Waals surface area contributed by atoms with Crippen molar-refractivity contribution in [3.8, 4) is 0 Å². The Labute approximate surface area is 269 Å². The van der Waals surface area contributed by atoms with Crippen molar-refractivity contribution in [2.75, 3.05) is 19.8 Å². The summed E-state index contributed by atoms with van der Waals surface area (Å²) in [5.74, 6) is 1.19. The van der Waals surface area contributed by atoms with E-state index in [-0.39, 0.29) is 12.6 Å². The molecule has 2 atom stereocenters. The Bertz CT molecular complexity index is 888. The molecule has 3 nitrogen and oxygen atoms in total. The molecule has 0 heterocycles. The fourth-order valence-electron chi connectivity index (χ4n) is 4.34. The highest BCUT2D eigenvalue weighted by molar-refractivity contribution is 5.68. The molecule has 1 aliphatic rings. The number of alkyl halides is 1. The van der Waals surface area contributed by atoms with Gasteiger partial charge in [-0.2, -0.15) is 0 Å². The van der Waals surface area contributed by atoms with Crippen LogP contribution in [0.5, 0.6) is 0 Å². The van der Waals surface area contributed by atoms with Crippen LogP contribution in [0.4, 0.5) is 4.39 Å². The van der Waals surface area contributed by atoms with Gasteiger partial charge in [0.25, 0.3) is 0 Å². The lowest BCUT2D eigenvalue weighted by Crippen LogP contribution is -2.40. The predicted octanol–water partition coefficient (Wildman–Crippen LogP) is 11.4. The third-order valence-electron chi connectivity index (χ3n) is 6.25. The number of allylic oxidation sites excluding steroid dienone is 4. The average molecular weight is 602 g/mol. The van der Waals surface area contributed by atoms with E-state index in [4.69, 9.17) is 0 Å². The van der Waals surface area contributed by atoms with E-state index in [0.29, 0.717) is 18.3 Å². The van der Waals surface area contributed by atoms with Crippen molar-refractivity contribution < 1.29 is 4.39 Å². The third-order valence-corrected chi connectivity index (χ3v) is 6.25. The molecule has 3 N–H and O–H groups in total. The van der Waals surface area contributed by atoms with Crippen LogP contribution < -0.4 is 16.0 Å². The Balaban J connectivity index is -0.000000687. The molecule has 1 aromatic carbocycles. The lowest BCUT2D eigenvalue weighted by molar-refractivity contribution is 0.474. The topological polar surface area (TPSA) is 36.1 Å². The fraction of sp³-hybridized carbons (Fsp3) is 0.590. The first-order valence-corrected chi connectivity index (χ1v) is 17.0. The standard InChI is InChI=1S/C29H42FN3.5C2H6/c1-20(2)28(19-32-25(7)31-16-15-30)33-24(6)29-22(4)17-26(18-23(29)5)14-13-21(3)27-11-9-8-10-12-27;5*1-2/h9,11-12,17-18,21,28,31-33H,1,6-8,10,13-16,19H2,2-5H3;5*1-2H3. The smallest absolute Gasteiger partial charge is 0.107 e. The van der Waals surface area contributed by atoms with E-state index >= 15 is 0 Å². The van der Waals surface area contributed by atoms with Gasteiger partial charge in [-0.15, -0.1) is 0 Å². The molecule has 2 rings (SSSR count). The molecule has 0 saturated heterocycles. The Morgan fingerprint density at radius 3 is 1.84 bits per heavy atom. The van der Waals surface area contributed by atoms with Gasteiger partial charge in [0.05, 0.1) is 11.9 Å². The molecule has 0 spiro atoms. The van der Waals surface area contributed by atoms with Crippen molar-refractivity contribution in [1.82, 2.24) is 16.0 Å². The zero-order valence-electron chi connectivity index (χ0n) is 31.0. The van der Waals surface area contributed by atoms with Gasteiger partial charge in [0.15, 0.2) is 0 Å². The van der Waals surface area contributed by atoms with Crippen molar-refractivity contribution in [3.63, 3.8) is 0 Å². The van der Waals surface area contributed by atoms with E-state index in [1.807, 2.05) is 76.2 Å². The number of nitrogens with one attached hydrogen (secondary N) is 3. The van der Waals surface area contributed by atoms with E-state index < -0.39 is 6.67 Å². The molecule has 0 aliphatic heterocycles. The minimum atomic E-state index is -0.429. The van der Waals surface area contributed by atoms with Gasteiger partial charge in [-0.3, -0.25) is 0 Å². The van der Waals surface area contributed by atoms with E-state index in [9.17, 15) is 4.39 Å². The van der Waals surface area contributed by atoms with Gasteiger partial charge in [-0.1, -0.05) is 132 Å². The van der Waals surface area contributed by atoms with Crippen molar-refractivity contribution in [2.45, 2.75) is 129 Å². The molecule has 0 aromatic heterocycles.